The number of alkyl halides is 1. The van der Waals surface area contributed by atoms with Crippen LogP contribution in [0, 0.1) is 11.8 Å². The van der Waals surface area contributed by atoms with Crippen molar-refractivity contribution >= 4 is 45.0 Å². The van der Waals surface area contributed by atoms with Gasteiger partial charge in [-0.3, -0.25) is 14.4 Å². The van der Waals surface area contributed by atoms with Crippen molar-refractivity contribution in [2.24, 2.45) is 11.8 Å². The lowest BCUT2D eigenvalue weighted by Crippen LogP contribution is -2.56. The summed E-state index contributed by atoms with van der Waals surface area (Å²) in [5, 5.41) is 15.8. The molecule has 198 valence electrons. The maximum atomic E-state index is 13.8. The predicted octanol–water partition coefficient (Wildman–Crippen LogP) is 2.13. The number of aliphatic hydroxyl groups is 1. The normalized spacial score (nSPS) is 31.3. The first kappa shape index (κ1) is 26.9. The SMILES string of the molecule is CCCNC(=O)[C@H]1[C@H]2C(=O)N([C@H](C)CO)C(C(=O)Nc3ccc(N(CC)CC)cc3)C23CC(Br)[C@@H]1O3. The van der Waals surface area contributed by atoms with E-state index in [4.69, 9.17) is 4.74 Å². The van der Waals surface area contributed by atoms with E-state index in [1.54, 1.807) is 6.92 Å². The van der Waals surface area contributed by atoms with Gasteiger partial charge in [0.05, 0.1) is 30.6 Å². The number of likely N-dealkylation sites (tertiary alicyclic amines) is 1. The summed E-state index contributed by atoms with van der Waals surface area (Å²) in [5.41, 5.74) is 0.530. The van der Waals surface area contributed by atoms with Gasteiger partial charge in [-0.15, -0.1) is 0 Å². The summed E-state index contributed by atoms with van der Waals surface area (Å²) in [5.74, 6) is -2.38. The van der Waals surface area contributed by atoms with E-state index in [1.165, 1.54) is 4.90 Å². The molecule has 3 unspecified atom stereocenters. The molecule has 3 heterocycles. The lowest BCUT2D eigenvalue weighted by atomic mass is 9.70. The average molecular weight is 566 g/mol. The Hall–Kier alpha value is -2.17. The van der Waals surface area contributed by atoms with E-state index >= 15 is 0 Å². The number of nitrogens with one attached hydrogen (secondary N) is 2. The largest absolute Gasteiger partial charge is 0.394 e. The van der Waals surface area contributed by atoms with Gasteiger partial charge in [-0.1, -0.05) is 22.9 Å². The van der Waals surface area contributed by atoms with Crippen LogP contribution in [0.5, 0.6) is 0 Å². The fraction of sp³-hybridized carbons (Fsp3) is 0.654. The molecule has 7 atom stereocenters. The standard InChI is InChI=1S/C26H37BrN4O5/c1-5-12-28-23(33)19-20-25(35)31(15(4)14-32)22(26(20)13-18(27)21(19)36-26)24(34)29-16-8-10-17(11-9-16)30(6-2)7-3/h8-11,15,18-22,32H,5-7,12-14H2,1-4H3,(H,28,33)(H,29,34)/t15-,18?,19+,20+,21+,22?,26?/m1/s1. The van der Waals surface area contributed by atoms with Gasteiger partial charge in [0.2, 0.25) is 17.7 Å². The number of fused-ring (bicyclic) bond motifs is 1. The highest BCUT2D eigenvalue weighted by Crippen LogP contribution is 2.60. The number of halogens is 1. The summed E-state index contributed by atoms with van der Waals surface area (Å²) in [6, 6.07) is 6.04. The van der Waals surface area contributed by atoms with Crippen LogP contribution in [0.2, 0.25) is 0 Å². The predicted molar refractivity (Wildman–Crippen MR) is 141 cm³/mol. The zero-order valence-corrected chi connectivity index (χ0v) is 23.0. The minimum atomic E-state index is -1.14. The van der Waals surface area contributed by atoms with Crippen molar-refractivity contribution < 1.29 is 24.2 Å². The number of aliphatic hydroxyl groups excluding tert-OH is 1. The number of rotatable bonds is 10. The van der Waals surface area contributed by atoms with Gasteiger partial charge in [-0.2, -0.15) is 0 Å². The first-order valence-corrected chi connectivity index (χ1v) is 13.8. The minimum absolute atomic E-state index is 0.160. The van der Waals surface area contributed by atoms with Crippen LogP contribution in [0.25, 0.3) is 0 Å². The summed E-state index contributed by atoms with van der Waals surface area (Å²) in [7, 11) is 0. The van der Waals surface area contributed by atoms with Crippen molar-refractivity contribution in [3.05, 3.63) is 24.3 Å². The molecule has 3 aliphatic heterocycles. The van der Waals surface area contributed by atoms with Gasteiger partial charge >= 0.3 is 0 Å². The molecular formula is C26H37BrN4O5. The second-order valence-electron chi connectivity index (χ2n) is 9.94. The molecule has 3 N–H and O–H groups in total. The Kier molecular flexibility index (Phi) is 7.97. The van der Waals surface area contributed by atoms with Crippen LogP contribution in [-0.2, 0) is 19.1 Å². The van der Waals surface area contributed by atoms with Crippen LogP contribution in [-0.4, -0.2) is 82.6 Å². The Morgan fingerprint density at radius 2 is 1.89 bits per heavy atom. The van der Waals surface area contributed by atoms with Gasteiger partial charge in [-0.05, 0) is 57.9 Å². The number of ether oxygens (including phenoxy) is 1. The molecule has 0 radical (unpaired) electrons. The fourth-order valence-corrected chi connectivity index (χ4v) is 7.09. The molecule has 3 aliphatic rings. The number of amides is 3. The van der Waals surface area contributed by atoms with E-state index in [2.05, 4.69) is 45.3 Å². The third kappa shape index (κ3) is 4.31. The van der Waals surface area contributed by atoms with Crippen molar-refractivity contribution in [3.63, 3.8) is 0 Å². The fourth-order valence-electron chi connectivity index (χ4n) is 6.15. The van der Waals surface area contributed by atoms with Crippen LogP contribution in [0.1, 0.15) is 40.5 Å². The number of hydrogen-bond donors (Lipinski definition) is 3. The van der Waals surface area contributed by atoms with Gasteiger partial charge in [0.1, 0.15) is 11.6 Å². The van der Waals surface area contributed by atoms with Crippen LogP contribution in [0.4, 0.5) is 11.4 Å². The van der Waals surface area contributed by atoms with E-state index in [9.17, 15) is 19.5 Å². The number of hydrogen-bond acceptors (Lipinski definition) is 6. The molecule has 1 aromatic rings. The second-order valence-corrected chi connectivity index (χ2v) is 11.1. The molecule has 0 aromatic heterocycles. The van der Waals surface area contributed by atoms with Gasteiger partial charge in [-0.25, -0.2) is 0 Å². The Morgan fingerprint density at radius 1 is 1.22 bits per heavy atom. The molecule has 3 saturated heterocycles. The highest BCUT2D eigenvalue weighted by molar-refractivity contribution is 9.09. The molecular weight excluding hydrogens is 528 g/mol. The summed E-state index contributed by atoms with van der Waals surface area (Å²) < 4.78 is 6.44. The molecule has 1 spiro atoms. The summed E-state index contributed by atoms with van der Waals surface area (Å²) in [4.78, 5) is 44.2. The summed E-state index contributed by atoms with van der Waals surface area (Å²) in [6.07, 6.45) is 0.710. The van der Waals surface area contributed by atoms with Crippen molar-refractivity contribution in [2.75, 3.05) is 36.5 Å². The number of nitrogens with zero attached hydrogens (tertiary/aromatic N) is 2. The molecule has 4 rings (SSSR count). The highest BCUT2D eigenvalue weighted by Gasteiger charge is 2.76. The Bertz CT molecular complexity index is 987. The number of carbonyl (C=O) groups excluding carboxylic acids is 3. The van der Waals surface area contributed by atoms with Crippen LogP contribution < -0.4 is 15.5 Å². The molecule has 2 bridgehead atoms. The average Bonchev–Trinajstić information content (AvgIpc) is 3.47. The maximum absolute atomic E-state index is 13.8. The van der Waals surface area contributed by atoms with Crippen molar-refractivity contribution in [2.45, 2.75) is 69.2 Å². The molecule has 10 heteroatoms. The lowest BCUT2D eigenvalue weighted by molar-refractivity contribution is -0.143. The molecule has 3 amide bonds. The lowest BCUT2D eigenvalue weighted by Gasteiger charge is -2.35. The molecule has 36 heavy (non-hydrogen) atoms. The number of benzene rings is 1. The van der Waals surface area contributed by atoms with Crippen LogP contribution >= 0.6 is 15.9 Å². The second kappa shape index (κ2) is 10.7. The van der Waals surface area contributed by atoms with E-state index in [0.717, 1.165) is 25.2 Å². The first-order valence-electron chi connectivity index (χ1n) is 12.9. The quantitative estimate of drug-likeness (QED) is 0.375. The molecule has 0 saturated carbocycles. The van der Waals surface area contributed by atoms with Gasteiger partial charge in [0.15, 0.2) is 0 Å². The van der Waals surface area contributed by atoms with Crippen molar-refractivity contribution in [1.29, 1.82) is 0 Å². The minimum Gasteiger partial charge on any atom is -0.394 e. The smallest absolute Gasteiger partial charge is 0.250 e. The van der Waals surface area contributed by atoms with Crippen LogP contribution in [0.15, 0.2) is 24.3 Å². The van der Waals surface area contributed by atoms with E-state index in [1.807, 2.05) is 31.2 Å². The van der Waals surface area contributed by atoms with Crippen molar-refractivity contribution in [3.8, 4) is 0 Å². The van der Waals surface area contributed by atoms with Gasteiger partial charge in [0.25, 0.3) is 0 Å². The van der Waals surface area contributed by atoms with E-state index in [0.29, 0.717) is 18.7 Å². The molecule has 0 aliphatic carbocycles. The third-order valence-electron chi connectivity index (χ3n) is 7.83. The molecule has 3 fully saturated rings. The topological polar surface area (TPSA) is 111 Å². The highest BCUT2D eigenvalue weighted by atomic mass is 79.9. The summed E-state index contributed by atoms with van der Waals surface area (Å²) in [6.45, 7) is 9.81. The zero-order valence-electron chi connectivity index (χ0n) is 21.4. The van der Waals surface area contributed by atoms with Crippen molar-refractivity contribution in [1.82, 2.24) is 10.2 Å². The first-order chi connectivity index (χ1) is 17.2. The Morgan fingerprint density at radius 3 is 2.47 bits per heavy atom. The number of anilines is 2. The third-order valence-corrected chi connectivity index (χ3v) is 8.67. The zero-order chi connectivity index (χ0) is 26.2. The molecule has 1 aromatic carbocycles. The molecule has 9 nitrogen and oxygen atoms in total. The van der Waals surface area contributed by atoms with E-state index < -0.39 is 35.6 Å². The monoisotopic (exact) mass is 564 g/mol. The van der Waals surface area contributed by atoms with E-state index in [-0.39, 0.29) is 29.2 Å². The maximum Gasteiger partial charge on any atom is 0.250 e. The van der Waals surface area contributed by atoms with Gasteiger partial charge in [0, 0.05) is 35.8 Å². The Labute approximate surface area is 221 Å². The summed E-state index contributed by atoms with van der Waals surface area (Å²) >= 11 is 3.66. The number of carbonyl (C=O) groups is 3. The van der Waals surface area contributed by atoms with Gasteiger partial charge < -0.3 is 30.3 Å². The Balaban J connectivity index is 1.65. The van der Waals surface area contributed by atoms with Crippen LogP contribution in [0.3, 0.4) is 0 Å².